The van der Waals surface area contributed by atoms with Crippen LogP contribution in [0.5, 0.6) is 0 Å². The molecule has 0 bridgehead atoms. The Hall–Kier alpha value is -2.28. The Labute approximate surface area is 119 Å². The highest BCUT2D eigenvalue weighted by Gasteiger charge is 2.18. The fraction of sp³-hybridized carbons (Fsp3) is 0.158. The number of aryl methyl sites for hydroxylation is 1. The van der Waals surface area contributed by atoms with E-state index in [-0.39, 0.29) is 0 Å². The third-order valence-electron chi connectivity index (χ3n) is 4.17. The number of hydrogen-bond acceptors (Lipinski definition) is 1. The molecule has 0 saturated heterocycles. The van der Waals surface area contributed by atoms with Crippen LogP contribution >= 0.6 is 0 Å². The van der Waals surface area contributed by atoms with Gasteiger partial charge in [0.2, 0.25) is 0 Å². The van der Waals surface area contributed by atoms with Gasteiger partial charge in [0.25, 0.3) is 0 Å². The van der Waals surface area contributed by atoms with Crippen molar-refractivity contribution in [2.24, 2.45) is 0 Å². The molecule has 0 aromatic heterocycles. The van der Waals surface area contributed by atoms with Gasteiger partial charge in [-0.25, -0.2) is 0 Å². The van der Waals surface area contributed by atoms with Crippen LogP contribution in [-0.4, -0.2) is 6.54 Å². The zero-order chi connectivity index (χ0) is 13.4. The lowest BCUT2D eigenvalue weighted by Crippen LogP contribution is -2.24. The molecule has 0 amide bonds. The number of rotatable bonds is 1. The van der Waals surface area contributed by atoms with Crippen LogP contribution in [0, 0.1) is 0 Å². The van der Waals surface area contributed by atoms with Crippen LogP contribution in [0.1, 0.15) is 12.0 Å². The third kappa shape index (κ3) is 1.78. The summed E-state index contributed by atoms with van der Waals surface area (Å²) in [5.74, 6) is 0. The van der Waals surface area contributed by atoms with Crippen molar-refractivity contribution in [1.29, 1.82) is 0 Å². The lowest BCUT2D eigenvalue weighted by molar-refractivity contribution is 0.768. The Morgan fingerprint density at radius 2 is 1.45 bits per heavy atom. The highest BCUT2D eigenvalue weighted by molar-refractivity contribution is 5.96. The molecule has 0 radical (unpaired) electrons. The fourth-order valence-electron chi connectivity index (χ4n) is 3.23. The molecule has 1 aliphatic rings. The molecule has 0 unspecified atom stereocenters. The van der Waals surface area contributed by atoms with Crippen molar-refractivity contribution in [3.63, 3.8) is 0 Å². The van der Waals surface area contributed by atoms with Gasteiger partial charge in [-0.1, -0.05) is 54.6 Å². The molecule has 3 aromatic carbocycles. The quantitative estimate of drug-likeness (QED) is 0.599. The fourth-order valence-corrected chi connectivity index (χ4v) is 3.23. The van der Waals surface area contributed by atoms with Gasteiger partial charge >= 0.3 is 0 Å². The summed E-state index contributed by atoms with van der Waals surface area (Å²) >= 11 is 0. The molecule has 1 nitrogen and oxygen atoms in total. The minimum absolute atomic E-state index is 1.10. The summed E-state index contributed by atoms with van der Waals surface area (Å²) in [4.78, 5) is 2.47. The van der Waals surface area contributed by atoms with Gasteiger partial charge < -0.3 is 4.90 Å². The van der Waals surface area contributed by atoms with Crippen molar-refractivity contribution in [2.45, 2.75) is 12.8 Å². The SMILES string of the molecule is c1ccc2c(c1)CCCN2c1cccc2ccccc12. The van der Waals surface area contributed by atoms with Crippen LogP contribution < -0.4 is 4.90 Å². The van der Waals surface area contributed by atoms with Gasteiger partial charge in [-0.3, -0.25) is 0 Å². The van der Waals surface area contributed by atoms with Crippen LogP contribution in [0.2, 0.25) is 0 Å². The second kappa shape index (κ2) is 4.68. The minimum Gasteiger partial charge on any atom is -0.341 e. The van der Waals surface area contributed by atoms with Crippen molar-refractivity contribution in [1.82, 2.24) is 0 Å². The third-order valence-corrected chi connectivity index (χ3v) is 4.17. The van der Waals surface area contributed by atoms with E-state index in [2.05, 4.69) is 71.6 Å². The van der Waals surface area contributed by atoms with E-state index in [0.29, 0.717) is 0 Å². The van der Waals surface area contributed by atoms with Crippen molar-refractivity contribution < 1.29 is 0 Å². The molecule has 20 heavy (non-hydrogen) atoms. The second-order valence-corrected chi connectivity index (χ2v) is 5.38. The molecule has 0 saturated carbocycles. The van der Waals surface area contributed by atoms with Crippen LogP contribution in [0.3, 0.4) is 0 Å². The Balaban J connectivity index is 1.93. The second-order valence-electron chi connectivity index (χ2n) is 5.38. The molecule has 4 rings (SSSR count). The monoisotopic (exact) mass is 259 g/mol. The van der Waals surface area contributed by atoms with Crippen LogP contribution in [0.4, 0.5) is 11.4 Å². The highest BCUT2D eigenvalue weighted by atomic mass is 15.1. The molecule has 1 heteroatoms. The molecule has 98 valence electrons. The standard InChI is InChI=1S/C19H17N/c1-3-11-17-15(7-1)9-5-13-19(17)20-14-6-10-16-8-2-4-12-18(16)20/h1-5,7-9,11-13H,6,10,14H2. The molecule has 0 spiro atoms. The van der Waals surface area contributed by atoms with E-state index in [1.807, 2.05) is 0 Å². The van der Waals surface area contributed by atoms with Gasteiger partial charge in [-0.2, -0.15) is 0 Å². The molecular weight excluding hydrogens is 242 g/mol. The largest absolute Gasteiger partial charge is 0.341 e. The van der Waals surface area contributed by atoms with Gasteiger partial charge in [-0.05, 0) is 35.9 Å². The number of anilines is 2. The summed E-state index contributed by atoms with van der Waals surface area (Å²) in [6.45, 7) is 1.10. The van der Waals surface area contributed by atoms with Gasteiger partial charge in [0.05, 0.1) is 0 Å². The van der Waals surface area contributed by atoms with E-state index in [9.17, 15) is 0 Å². The first-order valence-electron chi connectivity index (χ1n) is 7.27. The first-order valence-corrected chi connectivity index (χ1v) is 7.27. The van der Waals surface area contributed by atoms with E-state index in [0.717, 1.165) is 6.54 Å². The van der Waals surface area contributed by atoms with E-state index in [1.54, 1.807) is 0 Å². The summed E-state index contributed by atoms with van der Waals surface area (Å²) in [5.41, 5.74) is 4.16. The summed E-state index contributed by atoms with van der Waals surface area (Å²) < 4.78 is 0. The van der Waals surface area contributed by atoms with E-state index in [4.69, 9.17) is 0 Å². The first kappa shape index (κ1) is 11.5. The van der Waals surface area contributed by atoms with Gasteiger partial charge in [-0.15, -0.1) is 0 Å². The summed E-state index contributed by atoms with van der Waals surface area (Å²) in [7, 11) is 0. The van der Waals surface area contributed by atoms with Gasteiger partial charge in [0.15, 0.2) is 0 Å². The first-order chi connectivity index (χ1) is 9.93. The van der Waals surface area contributed by atoms with Gasteiger partial charge in [0, 0.05) is 23.3 Å². The van der Waals surface area contributed by atoms with Crippen molar-refractivity contribution in [3.05, 3.63) is 72.3 Å². The molecule has 0 aliphatic carbocycles. The molecular formula is C19H17N. The molecule has 0 atom stereocenters. The van der Waals surface area contributed by atoms with Gasteiger partial charge in [0.1, 0.15) is 0 Å². The maximum absolute atomic E-state index is 2.47. The van der Waals surface area contributed by atoms with Crippen LogP contribution in [0.25, 0.3) is 10.8 Å². The molecule has 1 heterocycles. The average molecular weight is 259 g/mol. The minimum atomic E-state index is 1.10. The Morgan fingerprint density at radius 3 is 2.45 bits per heavy atom. The Kier molecular flexibility index (Phi) is 2.70. The number of benzene rings is 3. The summed E-state index contributed by atoms with van der Waals surface area (Å²) in [6.07, 6.45) is 2.41. The van der Waals surface area contributed by atoms with Crippen LogP contribution in [-0.2, 0) is 6.42 Å². The maximum Gasteiger partial charge on any atom is 0.0490 e. The summed E-state index contributed by atoms with van der Waals surface area (Å²) in [5, 5.41) is 2.65. The lowest BCUT2D eigenvalue weighted by Gasteiger charge is -2.32. The Morgan fingerprint density at radius 1 is 0.700 bits per heavy atom. The average Bonchev–Trinajstić information content (AvgIpc) is 2.54. The normalized spacial score (nSPS) is 14.3. The van der Waals surface area contributed by atoms with Crippen molar-refractivity contribution in [2.75, 3.05) is 11.4 Å². The smallest absolute Gasteiger partial charge is 0.0490 e. The molecule has 1 aliphatic heterocycles. The van der Waals surface area contributed by atoms with E-state index < -0.39 is 0 Å². The topological polar surface area (TPSA) is 3.24 Å². The van der Waals surface area contributed by atoms with Crippen LogP contribution in [0.15, 0.2) is 66.7 Å². The lowest BCUT2D eigenvalue weighted by atomic mass is 9.99. The molecule has 3 aromatic rings. The molecule has 0 fully saturated rings. The Bertz CT molecular complexity index is 755. The number of para-hydroxylation sites is 1. The summed E-state index contributed by atoms with van der Waals surface area (Å²) in [6, 6.07) is 24.0. The highest BCUT2D eigenvalue weighted by Crippen LogP contribution is 2.36. The van der Waals surface area contributed by atoms with Crippen molar-refractivity contribution >= 4 is 22.1 Å². The molecule has 0 N–H and O–H groups in total. The maximum atomic E-state index is 2.47. The van der Waals surface area contributed by atoms with E-state index >= 15 is 0 Å². The van der Waals surface area contributed by atoms with Crippen molar-refractivity contribution in [3.8, 4) is 0 Å². The zero-order valence-corrected chi connectivity index (χ0v) is 11.4. The van der Waals surface area contributed by atoms with E-state index in [1.165, 1.54) is 40.6 Å². The number of hydrogen-bond donors (Lipinski definition) is 0. The zero-order valence-electron chi connectivity index (χ0n) is 11.4. The number of nitrogens with zero attached hydrogens (tertiary/aromatic N) is 1. The predicted octanol–water partition coefficient (Wildman–Crippen LogP) is 4.92. The predicted molar refractivity (Wildman–Crippen MR) is 85.7 cm³/mol. The number of fused-ring (bicyclic) bond motifs is 2.